The predicted octanol–water partition coefficient (Wildman–Crippen LogP) is 3.18. The number of tetrazole rings is 1. The molecule has 0 amide bonds. The number of nitrogen functional groups attached to an aromatic ring is 1. The van der Waals surface area contributed by atoms with Crippen LogP contribution in [0.4, 0.5) is 14.6 Å². The fraction of sp³-hybridized carbons (Fsp3) is 0.286. The molecule has 9 nitrogen and oxygen atoms in total. The van der Waals surface area contributed by atoms with Crippen molar-refractivity contribution in [2.75, 3.05) is 25.9 Å². The topological polar surface area (TPSA) is 117 Å². The summed E-state index contributed by atoms with van der Waals surface area (Å²) in [6.45, 7) is 1.97. The molecule has 3 aromatic heterocycles. The number of ether oxygens (including phenoxy) is 1. The van der Waals surface area contributed by atoms with E-state index in [0.717, 1.165) is 46.1 Å². The third-order valence-electron chi connectivity index (χ3n) is 5.60. The van der Waals surface area contributed by atoms with Gasteiger partial charge < -0.3 is 15.8 Å². The smallest absolute Gasteiger partial charge is 0.202 e. The van der Waals surface area contributed by atoms with Crippen LogP contribution in [0.25, 0.3) is 27.5 Å². The molecule has 1 saturated heterocycles. The van der Waals surface area contributed by atoms with E-state index < -0.39 is 11.6 Å². The van der Waals surface area contributed by atoms with Gasteiger partial charge in [-0.3, -0.25) is 0 Å². The Balaban J connectivity index is 1.53. The lowest BCUT2D eigenvalue weighted by Crippen LogP contribution is -2.26. The van der Waals surface area contributed by atoms with Gasteiger partial charge in [0, 0.05) is 23.9 Å². The Morgan fingerprint density at radius 1 is 1.15 bits per heavy atom. The molecule has 3 N–H and O–H groups in total. The number of pyridine rings is 1. The molecule has 0 atom stereocenters. The Kier molecular flexibility index (Phi) is 5.68. The van der Waals surface area contributed by atoms with Gasteiger partial charge >= 0.3 is 0 Å². The summed E-state index contributed by atoms with van der Waals surface area (Å²) in [6.07, 6.45) is 5.58. The second-order valence-corrected chi connectivity index (χ2v) is 8.64. The van der Waals surface area contributed by atoms with Gasteiger partial charge in [-0.2, -0.15) is 9.07 Å². The van der Waals surface area contributed by atoms with E-state index in [0.29, 0.717) is 11.5 Å². The average molecular weight is 471 g/mol. The fourth-order valence-electron chi connectivity index (χ4n) is 3.83. The number of thiazole rings is 1. The lowest BCUT2D eigenvalue weighted by atomic mass is 9.99. The largest absolute Gasteiger partial charge is 0.494 e. The first kappa shape index (κ1) is 21.3. The third-order valence-corrected chi connectivity index (χ3v) is 6.81. The number of anilines is 1. The van der Waals surface area contributed by atoms with Crippen LogP contribution in [0.1, 0.15) is 23.8 Å². The minimum atomic E-state index is -1.14. The molecular weight excluding hydrogens is 450 g/mol. The molecule has 1 aromatic carbocycles. The molecule has 33 heavy (non-hydrogen) atoms. The average Bonchev–Trinajstić information content (AvgIpc) is 3.52. The van der Waals surface area contributed by atoms with Crippen molar-refractivity contribution in [1.29, 1.82) is 0 Å². The maximum atomic E-state index is 14.7. The minimum Gasteiger partial charge on any atom is -0.494 e. The zero-order valence-corrected chi connectivity index (χ0v) is 18.4. The second-order valence-electron chi connectivity index (χ2n) is 7.57. The maximum Gasteiger partial charge on any atom is 0.202 e. The molecule has 5 rings (SSSR count). The first-order valence-electron chi connectivity index (χ1n) is 10.3. The highest BCUT2D eigenvalue weighted by molar-refractivity contribution is 7.15. The molecule has 0 saturated carbocycles. The molecular formula is C21H20F2N8OS. The summed E-state index contributed by atoms with van der Waals surface area (Å²) >= 11 is 1.61. The molecule has 170 valence electrons. The van der Waals surface area contributed by atoms with Gasteiger partial charge in [0.15, 0.2) is 17.4 Å². The van der Waals surface area contributed by atoms with Crippen LogP contribution in [-0.4, -0.2) is 50.4 Å². The number of piperidine rings is 1. The van der Waals surface area contributed by atoms with Gasteiger partial charge in [0.1, 0.15) is 11.5 Å². The number of hydrogen-bond donors (Lipinski definition) is 2. The maximum absolute atomic E-state index is 14.7. The number of nitrogens with one attached hydrogen (secondary N) is 1. The molecule has 4 heterocycles. The molecule has 0 aliphatic carbocycles. The molecule has 0 radical (unpaired) electrons. The lowest BCUT2D eigenvalue weighted by Gasteiger charge is -2.20. The summed E-state index contributed by atoms with van der Waals surface area (Å²) in [5.74, 6) is -1.76. The Morgan fingerprint density at radius 2 is 1.97 bits per heavy atom. The van der Waals surface area contributed by atoms with Crippen LogP contribution < -0.4 is 15.8 Å². The van der Waals surface area contributed by atoms with Crippen molar-refractivity contribution >= 4 is 17.2 Å². The zero-order valence-electron chi connectivity index (χ0n) is 17.6. The summed E-state index contributed by atoms with van der Waals surface area (Å²) in [5.41, 5.74) is 7.12. The van der Waals surface area contributed by atoms with E-state index in [4.69, 9.17) is 10.5 Å². The number of halogens is 2. The molecule has 12 heteroatoms. The fourth-order valence-corrected chi connectivity index (χ4v) is 4.90. The summed E-state index contributed by atoms with van der Waals surface area (Å²) in [6, 6.07) is 4.41. The van der Waals surface area contributed by atoms with Crippen molar-refractivity contribution in [3.63, 3.8) is 0 Å². The zero-order chi connectivity index (χ0) is 22.9. The summed E-state index contributed by atoms with van der Waals surface area (Å²) in [4.78, 5) is 9.83. The quantitative estimate of drug-likeness (QED) is 0.457. The number of aromatic nitrogens is 6. The normalized spacial score (nSPS) is 14.5. The Bertz CT molecular complexity index is 1300. The number of nitrogens with zero attached hydrogens (tertiary/aromatic N) is 6. The highest BCUT2D eigenvalue weighted by Crippen LogP contribution is 2.36. The van der Waals surface area contributed by atoms with Gasteiger partial charge in [0.2, 0.25) is 5.82 Å². The Labute approximate surface area is 191 Å². The van der Waals surface area contributed by atoms with Gasteiger partial charge in [-0.1, -0.05) is 0 Å². The van der Waals surface area contributed by atoms with Gasteiger partial charge in [0.05, 0.1) is 22.6 Å². The van der Waals surface area contributed by atoms with Crippen LogP contribution in [-0.2, 0) is 0 Å². The summed E-state index contributed by atoms with van der Waals surface area (Å²) in [5, 5.41) is 15.9. The van der Waals surface area contributed by atoms with Crippen molar-refractivity contribution in [3.05, 3.63) is 47.2 Å². The molecule has 0 spiro atoms. The van der Waals surface area contributed by atoms with Gasteiger partial charge in [-0.25, -0.2) is 14.4 Å². The van der Waals surface area contributed by atoms with Gasteiger partial charge in [0.25, 0.3) is 0 Å². The van der Waals surface area contributed by atoms with Crippen molar-refractivity contribution in [2.24, 2.45) is 0 Å². The van der Waals surface area contributed by atoms with Crippen LogP contribution >= 0.6 is 11.3 Å². The van der Waals surface area contributed by atoms with E-state index >= 15 is 0 Å². The molecule has 1 aliphatic rings. The SMILES string of the molecule is COc1ccc(-n2nnnc2-c2cc(-c3cnc(C4CCNCC4)s3)cnc2N)c(F)c1F. The van der Waals surface area contributed by atoms with Gasteiger partial charge in [-0.05, 0) is 54.6 Å². The summed E-state index contributed by atoms with van der Waals surface area (Å²) in [7, 11) is 1.26. The molecule has 1 fully saturated rings. The van der Waals surface area contributed by atoms with Crippen LogP contribution in [0.5, 0.6) is 5.75 Å². The summed E-state index contributed by atoms with van der Waals surface area (Å²) < 4.78 is 34.9. The number of hydrogen-bond acceptors (Lipinski definition) is 9. The molecule has 0 unspecified atom stereocenters. The van der Waals surface area contributed by atoms with E-state index in [1.165, 1.54) is 19.2 Å². The van der Waals surface area contributed by atoms with Crippen molar-refractivity contribution in [3.8, 4) is 33.3 Å². The molecule has 0 bridgehead atoms. The van der Waals surface area contributed by atoms with Crippen LogP contribution in [0.3, 0.4) is 0 Å². The molecule has 4 aromatic rings. The van der Waals surface area contributed by atoms with Crippen molar-refractivity contribution < 1.29 is 13.5 Å². The number of benzene rings is 1. The lowest BCUT2D eigenvalue weighted by molar-refractivity contribution is 0.371. The van der Waals surface area contributed by atoms with E-state index in [9.17, 15) is 8.78 Å². The van der Waals surface area contributed by atoms with E-state index in [2.05, 4.69) is 30.8 Å². The number of rotatable bonds is 5. The first-order valence-corrected chi connectivity index (χ1v) is 11.1. The highest BCUT2D eigenvalue weighted by atomic mass is 32.1. The molecule has 1 aliphatic heterocycles. The van der Waals surface area contributed by atoms with Gasteiger partial charge in [-0.15, -0.1) is 16.4 Å². The minimum absolute atomic E-state index is 0.133. The van der Waals surface area contributed by atoms with E-state index in [1.807, 2.05) is 6.20 Å². The Morgan fingerprint density at radius 3 is 2.76 bits per heavy atom. The first-order chi connectivity index (χ1) is 16.1. The number of methoxy groups -OCH3 is 1. The monoisotopic (exact) mass is 470 g/mol. The third kappa shape index (κ3) is 3.91. The van der Waals surface area contributed by atoms with Crippen LogP contribution in [0.2, 0.25) is 0 Å². The van der Waals surface area contributed by atoms with E-state index in [-0.39, 0.29) is 23.1 Å². The Hall–Kier alpha value is -3.51. The van der Waals surface area contributed by atoms with Crippen molar-refractivity contribution in [1.82, 2.24) is 35.5 Å². The number of nitrogens with two attached hydrogens (primary N) is 1. The van der Waals surface area contributed by atoms with Crippen LogP contribution in [0.15, 0.2) is 30.6 Å². The van der Waals surface area contributed by atoms with Crippen LogP contribution in [0, 0.1) is 11.6 Å². The standard InChI is InChI=1S/C21H20F2N8OS/c1-32-15-3-2-14(17(22)18(15)23)31-20(28-29-30-31)13-8-12(9-26-19(13)24)16-10-27-21(33-16)11-4-6-25-7-5-11/h2-3,8-11,25H,4-7H2,1H3,(H2,24,26). The second kappa shape index (κ2) is 8.79. The predicted molar refractivity (Wildman–Crippen MR) is 119 cm³/mol. The van der Waals surface area contributed by atoms with Crippen molar-refractivity contribution in [2.45, 2.75) is 18.8 Å². The van der Waals surface area contributed by atoms with E-state index in [1.54, 1.807) is 23.6 Å². The highest BCUT2D eigenvalue weighted by Gasteiger charge is 2.23.